The third kappa shape index (κ3) is 3.98. The number of carbonyl (C=O) groups excluding carboxylic acids is 1. The number of hydrogen-bond acceptors (Lipinski definition) is 3. The van der Waals surface area contributed by atoms with Gasteiger partial charge in [0.2, 0.25) is 5.91 Å². The molecule has 1 saturated carbocycles. The van der Waals surface area contributed by atoms with E-state index in [1.54, 1.807) is 24.3 Å². The first-order chi connectivity index (χ1) is 10.6. The maximum absolute atomic E-state index is 12.8. The molecular formula is C16H21ClF2N2OS. The molecule has 2 N–H and O–H groups in total. The summed E-state index contributed by atoms with van der Waals surface area (Å²) in [5.41, 5.74) is 0.378. The zero-order valence-corrected chi connectivity index (χ0v) is 14.3. The van der Waals surface area contributed by atoms with Crippen molar-refractivity contribution >= 4 is 35.8 Å². The molecule has 0 radical (unpaired) electrons. The van der Waals surface area contributed by atoms with Crippen molar-refractivity contribution in [2.24, 2.45) is 11.3 Å². The molecule has 0 aromatic heterocycles. The van der Waals surface area contributed by atoms with E-state index in [2.05, 4.69) is 10.6 Å². The zero-order valence-electron chi connectivity index (χ0n) is 12.7. The zero-order chi connectivity index (χ0) is 15.6. The van der Waals surface area contributed by atoms with Gasteiger partial charge in [0.1, 0.15) is 0 Å². The van der Waals surface area contributed by atoms with Gasteiger partial charge < -0.3 is 10.6 Å². The Hall–Kier alpha value is -0.850. The fourth-order valence-electron chi connectivity index (χ4n) is 3.67. The molecular weight excluding hydrogens is 342 g/mol. The van der Waals surface area contributed by atoms with Crippen molar-refractivity contribution in [1.29, 1.82) is 0 Å². The predicted molar refractivity (Wildman–Crippen MR) is 91.4 cm³/mol. The monoisotopic (exact) mass is 362 g/mol. The molecule has 3 rings (SSSR count). The van der Waals surface area contributed by atoms with Crippen LogP contribution in [0.15, 0.2) is 29.2 Å². The number of carbonyl (C=O) groups is 1. The first-order valence-electron chi connectivity index (χ1n) is 7.67. The van der Waals surface area contributed by atoms with Crippen molar-refractivity contribution in [3.8, 4) is 0 Å². The Morgan fingerprint density at radius 1 is 1.30 bits per heavy atom. The van der Waals surface area contributed by atoms with Crippen LogP contribution in [0.5, 0.6) is 0 Å². The van der Waals surface area contributed by atoms with Gasteiger partial charge in [0.15, 0.2) is 0 Å². The first kappa shape index (κ1) is 18.5. The number of nitrogens with one attached hydrogen (secondary N) is 2. The molecule has 2 atom stereocenters. The standard InChI is InChI=1S/C16H20F2N2OS.ClH/c17-15(18)22-13-6-4-12(5-7-13)20-14(21)16-8-2-1-3-11(16)9-19-10-16;/h4-7,11,15,19H,1-3,8-10H2,(H,20,21);1H/t11-,16+;/m0./s1. The molecule has 23 heavy (non-hydrogen) atoms. The lowest BCUT2D eigenvalue weighted by molar-refractivity contribution is -0.128. The summed E-state index contributed by atoms with van der Waals surface area (Å²) in [4.78, 5) is 13.3. The van der Waals surface area contributed by atoms with Gasteiger partial charge in [-0.25, -0.2) is 0 Å². The molecule has 1 saturated heterocycles. The molecule has 128 valence electrons. The number of halogens is 3. The van der Waals surface area contributed by atoms with Crippen molar-refractivity contribution < 1.29 is 13.6 Å². The van der Waals surface area contributed by atoms with Gasteiger partial charge in [0.05, 0.1) is 5.41 Å². The van der Waals surface area contributed by atoms with E-state index in [1.807, 2.05) is 0 Å². The predicted octanol–water partition coefficient (Wildman–Crippen LogP) is 4.14. The van der Waals surface area contributed by atoms with E-state index >= 15 is 0 Å². The molecule has 1 aromatic rings. The molecule has 1 heterocycles. The Morgan fingerprint density at radius 2 is 2.04 bits per heavy atom. The lowest BCUT2D eigenvalue weighted by Crippen LogP contribution is -2.44. The molecule has 1 aromatic carbocycles. The van der Waals surface area contributed by atoms with Crippen LogP contribution in [0, 0.1) is 11.3 Å². The average molecular weight is 363 g/mol. The molecule has 2 aliphatic rings. The van der Waals surface area contributed by atoms with Crippen LogP contribution in [0.1, 0.15) is 25.7 Å². The van der Waals surface area contributed by atoms with Gasteiger partial charge in [0.25, 0.3) is 5.76 Å². The maximum Gasteiger partial charge on any atom is 0.288 e. The largest absolute Gasteiger partial charge is 0.326 e. The van der Waals surface area contributed by atoms with Crippen LogP contribution in [0.3, 0.4) is 0 Å². The van der Waals surface area contributed by atoms with Crippen molar-refractivity contribution in [1.82, 2.24) is 5.32 Å². The van der Waals surface area contributed by atoms with Gasteiger partial charge in [-0.15, -0.1) is 12.4 Å². The van der Waals surface area contributed by atoms with Crippen LogP contribution in [-0.4, -0.2) is 24.8 Å². The van der Waals surface area contributed by atoms with Crippen molar-refractivity contribution in [3.05, 3.63) is 24.3 Å². The van der Waals surface area contributed by atoms with Crippen molar-refractivity contribution in [2.45, 2.75) is 36.3 Å². The Balaban J connectivity index is 0.00000192. The molecule has 0 unspecified atom stereocenters. The summed E-state index contributed by atoms with van der Waals surface area (Å²) in [5.74, 6) is -1.95. The topological polar surface area (TPSA) is 41.1 Å². The van der Waals surface area contributed by atoms with Crippen LogP contribution in [-0.2, 0) is 4.79 Å². The maximum atomic E-state index is 12.8. The third-order valence-corrected chi connectivity index (χ3v) is 5.55. The molecule has 1 amide bonds. The second-order valence-corrected chi connectivity index (χ2v) is 7.15. The number of benzene rings is 1. The number of thioether (sulfide) groups is 1. The number of anilines is 1. The van der Waals surface area contributed by atoms with Gasteiger partial charge in [-0.3, -0.25) is 4.79 Å². The van der Waals surface area contributed by atoms with E-state index in [0.717, 1.165) is 32.4 Å². The number of alkyl halides is 2. The summed E-state index contributed by atoms with van der Waals surface area (Å²) >= 11 is 0.512. The summed E-state index contributed by atoms with van der Waals surface area (Å²) in [5, 5.41) is 6.33. The highest BCUT2D eigenvalue weighted by molar-refractivity contribution is 7.99. The highest BCUT2D eigenvalue weighted by Gasteiger charge is 2.49. The molecule has 3 nitrogen and oxygen atoms in total. The SMILES string of the molecule is Cl.O=C(Nc1ccc(SC(F)F)cc1)[C@@]12CCCC[C@H]1CNC2. The second-order valence-electron chi connectivity index (χ2n) is 6.09. The second kappa shape index (κ2) is 7.81. The Kier molecular flexibility index (Phi) is 6.28. The van der Waals surface area contributed by atoms with E-state index in [0.29, 0.717) is 28.3 Å². The average Bonchev–Trinajstić information content (AvgIpc) is 2.94. The van der Waals surface area contributed by atoms with Crippen LogP contribution >= 0.6 is 24.2 Å². The Labute approximate surface area is 145 Å². The smallest absolute Gasteiger partial charge is 0.288 e. The fourth-order valence-corrected chi connectivity index (χ4v) is 4.16. The highest BCUT2D eigenvalue weighted by Crippen LogP contribution is 2.44. The Morgan fingerprint density at radius 3 is 2.74 bits per heavy atom. The Bertz CT molecular complexity index is 543. The van der Waals surface area contributed by atoms with E-state index in [4.69, 9.17) is 0 Å². The van der Waals surface area contributed by atoms with Crippen LogP contribution in [0.25, 0.3) is 0 Å². The number of rotatable bonds is 4. The summed E-state index contributed by atoms with van der Waals surface area (Å²) in [6, 6.07) is 6.63. The van der Waals surface area contributed by atoms with Crippen LogP contribution in [0.2, 0.25) is 0 Å². The molecule has 7 heteroatoms. The summed E-state index contributed by atoms with van der Waals surface area (Å²) in [7, 11) is 0. The van der Waals surface area contributed by atoms with Gasteiger partial charge in [-0.2, -0.15) is 8.78 Å². The summed E-state index contributed by atoms with van der Waals surface area (Å²) < 4.78 is 24.6. The first-order valence-corrected chi connectivity index (χ1v) is 8.55. The van der Waals surface area contributed by atoms with Gasteiger partial charge >= 0.3 is 0 Å². The van der Waals surface area contributed by atoms with Gasteiger partial charge in [-0.05, 0) is 49.6 Å². The number of amides is 1. The molecule has 2 fully saturated rings. The minimum absolute atomic E-state index is 0. The number of hydrogen-bond donors (Lipinski definition) is 2. The van der Waals surface area contributed by atoms with Crippen molar-refractivity contribution in [3.63, 3.8) is 0 Å². The quantitative estimate of drug-likeness (QED) is 0.791. The van der Waals surface area contributed by atoms with Crippen LogP contribution < -0.4 is 10.6 Å². The summed E-state index contributed by atoms with van der Waals surface area (Å²) in [6.45, 7) is 1.65. The van der Waals surface area contributed by atoms with Gasteiger partial charge in [0, 0.05) is 17.1 Å². The molecule has 0 bridgehead atoms. The highest BCUT2D eigenvalue weighted by atomic mass is 35.5. The minimum Gasteiger partial charge on any atom is -0.326 e. The van der Waals surface area contributed by atoms with Crippen LogP contribution in [0.4, 0.5) is 14.5 Å². The summed E-state index contributed by atoms with van der Waals surface area (Å²) in [6.07, 6.45) is 4.32. The molecule has 1 aliphatic heterocycles. The third-order valence-electron chi connectivity index (χ3n) is 4.83. The fraction of sp³-hybridized carbons (Fsp3) is 0.562. The van der Waals surface area contributed by atoms with Gasteiger partial charge in [-0.1, -0.05) is 24.6 Å². The minimum atomic E-state index is -2.42. The van der Waals surface area contributed by atoms with E-state index < -0.39 is 5.76 Å². The number of fused-ring (bicyclic) bond motifs is 1. The normalized spacial score (nSPS) is 26.5. The molecule has 1 aliphatic carbocycles. The lowest BCUT2D eigenvalue weighted by atomic mass is 9.67. The van der Waals surface area contributed by atoms with Crippen molar-refractivity contribution in [2.75, 3.05) is 18.4 Å². The van der Waals surface area contributed by atoms with E-state index in [-0.39, 0.29) is 23.7 Å². The van der Waals surface area contributed by atoms with E-state index in [1.165, 1.54) is 6.42 Å². The lowest BCUT2D eigenvalue weighted by Gasteiger charge is -2.37. The van der Waals surface area contributed by atoms with E-state index in [9.17, 15) is 13.6 Å². The molecule has 0 spiro atoms.